The van der Waals surface area contributed by atoms with Crippen molar-refractivity contribution in [3.8, 4) is 56.4 Å². The molecule has 14 rings (SSSR count). The second-order valence-electron chi connectivity index (χ2n) is 17.1. The van der Waals surface area contributed by atoms with Crippen LogP contribution in [0.3, 0.4) is 0 Å². The molecule has 3 heterocycles. The van der Waals surface area contributed by atoms with Gasteiger partial charge >= 0.3 is 0 Å². The third kappa shape index (κ3) is 5.02. The van der Waals surface area contributed by atoms with Gasteiger partial charge in [-0.25, -0.2) is 15.0 Å². The standard InChI is InChI=1S/C58H35N3O2/c1-2-14-34(15-3-1)35-18-12-19-38(30-35)55-59-56(42-23-13-27-51-52(42)40-21-7-10-25-49(40)62-51)61-57(60-55)43-28-29-47(54-53(43)41-22-8-11-26-50(41)63-54)58-33-48(58)45-32-37-17-5-4-16-36(37)31-44(45)39-20-6-9-24-46(39)58/h1-32,48H,33H2. The molecule has 63 heavy (non-hydrogen) atoms. The van der Waals surface area contributed by atoms with Crippen LogP contribution in [0, 0.1) is 0 Å². The van der Waals surface area contributed by atoms with Gasteiger partial charge in [0.2, 0.25) is 0 Å². The van der Waals surface area contributed by atoms with Crippen LogP contribution in [0.4, 0.5) is 0 Å². The van der Waals surface area contributed by atoms with E-state index in [9.17, 15) is 0 Å². The van der Waals surface area contributed by atoms with Gasteiger partial charge in [-0.05, 0) is 92.9 Å². The SMILES string of the molecule is c1ccc(-c2cccc(-c3nc(-c4cccc5oc6ccccc6c45)nc(-c4ccc(C56CC5c5cc7ccccc7cc5-c5ccccc56)c5oc6ccccc6c45)n3)c2)cc1. The van der Waals surface area contributed by atoms with Crippen LogP contribution < -0.4 is 0 Å². The number of benzene rings is 9. The van der Waals surface area contributed by atoms with Crippen molar-refractivity contribution < 1.29 is 8.83 Å². The fourth-order valence-corrected chi connectivity index (χ4v) is 10.8. The van der Waals surface area contributed by atoms with E-state index in [0.29, 0.717) is 23.4 Å². The van der Waals surface area contributed by atoms with Gasteiger partial charge < -0.3 is 8.83 Å². The van der Waals surface area contributed by atoms with Crippen LogP contribution in [0.15, 0.2) is 203 Å². The van der Waals surface area contributed by atoms with E-state index in [2.05, 4.69) is 152 Å². The van der Waals surface area contributed by atoms with Crippen molar-refractivity contribution in [1.82, 2.24) is 15.0 Å². The Morgan fingerprint density at radius 3 is 1.84 bits per heavy atom. The van der Waals surface area contributed by atoms with Crippen molar-refractivity contribution in [2.45, 2.75) is 17.8 Å². The molecular formula is C58H35N3O2. The molecule has 0 spiro atoms. The van der Waals surface area contributed by atoms with Gasteiger partial charge in [0.1, 0.15) is 22.3 Å². The minimum Gasteiger partial charge on any atom is -0.456 e. The van der Waals surface area contributed by atoms with E-state index < -0.39 is 0 Å². The monoisotopic (exact) mass is 805 g/mol. The van der Waals surface area contributed by atoms with E-state index in [1.54, 1.807) is 0 Å². The van der Waals surface area contributed by atoms with Gasteiger partial charge in [0, 0.05) is 49.2 Å². The lowest BCUT2D eigenvalue weighted by molar-refractivity contribution is 0.652. The third-order valence-corrected chi connectivity index (χ3v) is 13.7. The average molecular weight is 806 g/mol. The highest BCUT2D eigenvalue weighted by Gasteiger charge is 2.61. The minimum atomic E-state index is -0.248. The van der Waals surface area contributed by atoms with Crippen LogP contribution in [0.5, 0.6) is 0 Å². The number of hydrogen-bond acceptors (Lipinski definition) is 5. The molecule has 0 saturated heterocycles. The van der Waals surface area contributed by atoms with Gasteiger partial charge in [0.15, 0.2) is 17.5 Å². The molecule has 2 aliphatic carbocycles. The molecule has 5 nitrogen and oxygen atoms in total. The van der Waals surface area contributed by atoms with Crippen molar-refractivity contribution in [2.24, 2.45) is 0 Å². The highest BCUT2D eigenvalue weighted by atomic mass is 16.3. The summed E-state index contributed by atoms with van der Waals surface area (Å²) >= 11 is 0. The van der Waals surface area contributed by atoms with E-state index in [1.165, 1.54) is 38.6 Å². The quantitative estimate of drug-likeness (QED) is 0.173. The van der Waals surface area contributed by atoms with Gasteiger partial charge in [-0.15, -0.1) is 0 Å². The maximum absolute atomic E-state index is 7.07. The second-order valence-corrected chi connectivity index (χ2v) is 17.1. The first-order valence-corrected chi connectivity index (χ1v) is 21.6. The summed E-state index contributed by atoms with van der Waals surface area (Å²) in [6.07, 6.45) is 1.00. The first-order chi connectivity index (χ1) is 31.2. The fourth-order valence-electron chi connectivity index (χ4n) is 10.8. The molecule has 2 unspecified atom stereocenters. The number of nitrogens with zero attached hydrogens (tertiary/aromatic N) is 3. The Balaban J connectivity index is 1.02. The second kappa shape index (κ2) is 12.9. The van der Waals surface area contributed by atoms with Crippen LogP contribution in [-0.4, -0.2) is 15.0 Å². The van der Waals surface area contributed by atoms with E-state index in [-0.39, 0.29) is 5.41 Å². The average Bonchev–Trinajstić information content (AvgIpc) is 3.83. The molecule has 5 heteroatoms. The Labute approximate surface area is 362 Å². The summed E-state index contributed by atoms with van der Waals surface area (Å²) in [6, 6.07) is 68.7. The first-order valence-electron chi connectivity index (χ1n) is 21.6. The molecule has 2 aliphatic rings. The van der Waals surface area contributed by atoms with E-state index in [4.69, 9.17) is 23.8 Å². The summed E-state index contributed by atoms with van der Waals surface area (Å²) in [5.74, 6) is 2.06. The predicted molar refractivity (Wildman–Crippen MR) is 254 cm³/mol. The molecular weight excluding hydrogens is 771 g/mol. The molecule has 12 aromatic rings. The number of aromatic nitrogens is 3. The summed E-state index contributed by atoms with van der Waals surface area (Å²) in [7, 11) is 0. The van der Waals surface area contributed by atoms with Crippen LogP contribution in [0.2, 0.25) is 0 Å². The first kappa shape index (κ1) is 34.6. The largest absolute Gasteiger partial charge is 0.456 e. The Morgan fingerprint density at radius 2 is 1.00 bits per heavy atom. The summed E-state index contributed by atoms with van der Waals surface area (Å²) in [5, 5.41) is 6.58. The molecule has 9 aromatic carbocycles. The van der Waals surface area contributed by atoms with Gasteiger partial charge in [0.25, 0.3) is 0 Å². The Bertz CT molecular complexity index is 3860. The molecule has 3 aromatic heterocycles. The number of furan rings is 2. The maximum atomic E-state index is 7.07. The van der Waals surface area contributed by atoms with Crippen LogP contribution in [-0.2, 0) is 5.41 Å². The Kier molecular flexibility index (Phi) is 7.09. The molecule has 1 fully saturated rings. The van der Waals surface area contributed by atoms with Crippen LogP contribution in [0.1, 0.15) is 29.0 Å². The van der Waals surface area contributed by atoms with Gasteiger partial charge in [-0.1, -0.05) is 158 Å². The highest BCUT2D eigenvalue weighted by Crippen LogP contribution is 2.71. The topological polar surface area (TPSA) is 65.0 Å². The van der Waals surface area contributed by atoms with Crippen molar-refractivity contribution in [2.75, 3.05) is 0 Å². The molecule has 1 saturated carbocycles. The summed E-state index contributed by atoms with van der Waals surface area (Å²) < 4.78 is 13.4. The Hall–Kier alpha value is -8.15. The smallest absolute Gasteiger partial charge is 0.164 e. The number of fused-ring (bicyclic) bond motifs is 13. The highest BCUT2D eigenvalue weighted by molar-refractivity contribution is 6.14. The zero-order valence-corrected chi connectivity index (χ0v) is 33.9. The van der Waals surface area contributed by atoms with E-state index >= 15 is 0 Å². The zero-order valence-electron chi connectivity index (χ0n) is 33.9. The summed E-state index contributed by atoms with van der Waals surface area (Å²) in [6.45, 7) is 0. The van der Waals surface area contributed by atoms with Crippen LogP contribution in [0.25, 0.3) is 111 Å². The lowest BCUT2D eigenvalue weighted by Crippen LogP contribution is -2.17. The third-order valence-electron chi connectivity index (χ3n) is 13.7. The number of hydrogen-bond donors (Lipinski definition) is 0. The number of para-hydroxylation sites is 2. The van der Waals surface area contributed by atoms with Crippen LogP contribution >= 0.6 is 0 Å². The van der Waals surface area contributed by atoms with Crippen molar-refractivity contribution in [3.63, 3.8) is 0 Å². The molecule has 0 N–H and O–H groups in total. The maximum Gasteiger partial charge on any atom is 0.164 e. The fraction of sp³-hybridized carbons (Fsp3) is 0.0517. The minimum absolute atomic E-state index is 0.248. The van der Waals surface area contributed by atoms with Crippen molar-refractivity contribution in [3.05, 3.63) is 211 Å². The zero-order chi connectivity index (χ0) is 41.2. The molecule has 0 amide bonds. The summed E-state index contributed by atoms with van der Waals surface area (Å²) in [4.78, 5) is 16.1. The number of rotatable bonds is 5. The van der Waals surface area contributed by atoms with Gasteiger partial charge in [0.05, 0.1) is 0 Å². The van der Waals surface area contributed by atoms with E-state index in [1.807, 2.05) is 42.5 Å². The van der Waals surface area contributed by atoms with Gasteiger partial charge in [-0.3, -0.25) is 0 Å². The van der Waals surface area contributed by atoms with Crippen molar-refractivity contribution in [1.29, 1.82) is 0 Å². The molecule has 294 valence electrons. The van der Waals surface area contributed by atoms with Crippen molar-refractivity contribution >= 4 is 54.6 Å². The van der Waals surface area contributed by atoms with E-state index in [0.717, 1.165) is 78.1 Å². The Morgan fingerprint density at radius 1 is 0.397 bits per heavy atom. The lowest BCUT2D eigenvalue weighted by Gasteiger charge is -2.29. The molecule has 0 aliphatic heterocycles. The molecule has 0 bridgehead atoms. The molecule has 2 atom stereocenters. The normalized spacial score (nSPS) is 16.4. The van der Waals surface area contributed by atoms with Gasteiger partial charge in [-0.2, -0.15) is 0 Å². The lowest BCUT2D eigenvalue weighted by atomic mass is 9.74. The molecule has 0 radical (unpaired) electrons. The summed E-state index contributed by atoms with van der Waals surface area (Å²) in [5.41, 5.74) is 14.6. The predicted octanol–water partition coefficient (Wildman–Crippen LogP) is 14.9.